The summed E-state index contributed by atoms with van der Waals surface area (Å²) in [6, 6.07) is 20.4. The van der Waals surface area contributed by atoms with Crippen LogP contribution in [-0.2, 0) is 9.53 Å². The largest absolute Gasteiger partial charge is 0.459 e. The number of nitrogens with zero attached hydrogens (tertiary/aromatic N) is 3. The predicted octanol–water partition coefficient (Wildman–Crippen LogP) is 5.32. The second kappa shape index (κ2) is 11.0. The summed E-state index contributed by atoms with van der Waals surface area (Å²) in [5, 5.41) is 18.3. The van der Waals surface area contributed by atoms with Gasteiger partial charge in [-0.15, -0.1) is 0 Å². The first-order valence-electron chi connectivity index (χ1n) is 12.1. The molecule has 2 N–H and O–H groups in total. The van der Waals surface area contributed by atoms with Crippen LogP contribution in [0.3, 0.4) is 0 Å². The number of para-hydroxylation sites is 1. The average Bonchev–Trinajstić information content (AvgIpc) is 3.55. The highest BCUT2D eigenvalue weighted by atomic mass is 32.1. The number of rotatable bonds is 8. The van der Waals surface area contributed by atoms with Crippen molar-refractivity contribution >= 4 is 40.3 Å². The van der Waals surface area contributed by atoms with Crippen LogP contribution in [0.5, 0.6) is 0 Å². The fourth-order valence-electron chi connectivity index (χ4n) is 4.67. The normalized spacial score (nSPS) is 16.7. The minimum absolute atomic E-state index is 0.0432. The molecule has 10 nitrogen and oxygen atoms in total. The van der Waals surface area contributed by atoms with Crippen LogP contribution in [0.4, 0.5) is 17.1 Å². The molecular weight excluding hydrogens is 518 g/mol. The van der Waals surface area contributed by atoms with Crippen LogP contribution in [0, 0.1) is 17.0 Å². The van der Waals surface area contributed by atoms with Crippen molar-refractivity contribution in [3.63, 3.8) is 0 Å². The molecule has 2 aromatic carbocycles. The van der Waals surface area contributed by atoms with Gasteiger partial charge in [0.25, 0.3) is 5.69 Å². The van der Waals surface area contributed by atoms with E-state index in [0.717, 1.165) is 16.9 Å². The zero-order chi connectivity index (χ0) is 27.5. The molecule has 2 atom stereocenters. The molecule has 0 radical (unpaired) electrons. The van der Waals surface area contributed by atoms with Gasteiger partial charge in [0, 0.05) is 30.7 Å². The van der Waals surface area contributed by atoms with E-state index in [1.165, 1.54) is 13.2 Å². The molecule has 0 bridgehead atoms. The van der Waals surface area contributed by atoms with Crippen LogP contribution in [0.1, 0.15) is 29.1 Å². The molecule has 1 saturated heterocycles. The van der Waals surface area contributed by atoms with Gasteiger partial charge in [0.05, 0.1) is 22.2 Å². The number of nitro benzene ring substituents is 1. The molecule has 11 heteroatoms. The molecule has 0 unspecified atom stereocenters. The summed E-state index contributed by atoms with van der Waals surface area (Å²) in [5.74, 6) is 0.682. The fourth-order valence-corrected chi connectivity index (χ4v) is 5.02. The van der Waals surface area contributed by atoms with Crippen LogP contribution in [0.15, 0.2) is 83.4 Å². The van der Waals surface area contributed by atoms with Crippen molar-refractivity contribution in [3.05, 3.63) is 106 Å². The average molecular weight is 544 g/mol. The highest BCUT2D eigenvalue weighted by Crippen LogP contribution is 2.44. The number of hydrogen-bond donors (Lipinski definition) is 2. The molecule has 5 rings (SSSR count). The smallest absolute Gasteiger partial charge is 0.280 e. The quantitative estimate of drug-likeness (QED) is 0.173. The van der Waals surface area contributed by atoms with Gasteiger partial charge in [0.2, 0.25) is 5.91 Å². The number of methoxy groups -OCH3 is 1. The monoisotopic (exact) mass is 543 g/mol. The Balaban J connectivity index is 1.56. The molecule has 3 heterocycles. The lowest BCUT2D eigenvalue weighted by molar-refractivity contribution is -0.384. The number of amides is 1. The molecule has 0 aliphatic carbocycles. The number of benzene rings is 2. The van der Waals surface area contributed by atoms with Crippen molar-refractivity contribution in [3.8, 4) is 11.3 Å². The lowest BCUT2D eigenvalue weighted by Crippen LogP contribution is -2.29. The second-order valence-corrected chi connectivity index (χ2v) is 9.34. The van der Waals surface area contributed by atoms with Gasteiger partial charge in [0.15, 0.2) is 5.11 Å². The van der Waals surface area contributed by atoms with Crippen molar-refractivity contribution in [2.24, 2.45) is 0 Å². The van der Waals surface area contributed by atoms with Gasteiger partial charge in [-0.3, -0.25) is 19.9 Å². The Labute approximate surface area is 229 Å². The molecule has 2 aromatic heterocycles. The van der Waals surface area contributed by atoms with Gasteiger partial charge in [-0.05, 0) is 73.2 Å². The van der Waals surface area contributed by atoms with E-state index in [4.69, 9.17) is 21.4 Å². The Morgan fingerprint density at radius 1 is 1.18 bits per heavy atom. The second-order valence-electron chi connectivity index (χ2n) is 8.95. The highest BCUT2D eigenvalue weighted by Gasteiger charge is 2.43. The van der Waals surface area contributed by atoms with Crippen molar-refractivity contribution < 1.29 is 18.9 Å². The third kappa shape index (κ3) is 5.22. The topological polar surface area (TPSA) is 123 Å². The van der Waals surface area contributed by atoms with E-state index >= 15 is 0 Å². The molecule has 1 aliphatic rings. The van der Waals surface area contributed by atoms with Crippen molar-refractivity contribution in [2.75, 3.05) is 23.9 Å². The van der Waals surface area contributed by atoms with Gasteiger partial charge in [-0.1, -0.05) is 18.2 Å². The number of nitro groups is 1. The van der Waals surface area contributed by atoms with Gasteiger partial charge in [-0.25, -0.2) is 0 Å². The third-order valence-corrected chi connectivity index (χ3v) is 6.73. The number of hydrogen-bond acceptors (Lipinski definition) is 7. The molecule has 198 valence electrons. The summed E-state index contributed by atoms with van der Waals surface area (Å²) in [5.41, 5.74) is 3.37. The van der Waals surface area contributed by atoms with Gasteiger partial charge in [0.1, 0.15) is 24.2 Å². The Kier molecular flexibility index (Phi) is 7.35. The first-order valence-corrected chi connectivity index (χ1v) is 12.5. The maximum absolute atomic E-state index is 12.0. The van der Waals surface area contributed by atoms with E-state index < -0.39 is 11.0 Å². The van der Waals surface area contributed by atoms with Crippen molar-refractivity contribution in [2.45, 2.75) is 19.0 Å². The maximum atomic E-state index is 12.0. The molecule has 0 spiro atoms. The van der Waals surface area contributed by atoms with Crippen LogP contribution in [0.2, 0.25) is 0 Å². The van der Waals surface area contributed by atoms with E-state index in [0.29, 0.717) is 27.9 Å². The van der Waals surface area contributed by atoms with E-state index in [9.17, 15) is 14.9 Å². The number of thiocarbonyl (C=S) groups is 1. The van der Waals surface area contributed by atoms with Crippen LogP contribution < -0.4 is 15.5 Å². The van der Waals surface area contributed by atoms with Crippen LogP contribution >= 0.6 is 12.2 Å². The van der Waals surface area contributed by atoms with Crippen LogP contribution in [0.25, 0.3) is 11.3 Å². The first-order chi connectivity index (χ1) is 18.9. The number of carbonyl (C=O) groups excluding carboxylic acids is 1. The number of aryl methyl sites for hydroxylation is 1. The first kappa shape index (κ1) is 26.0. The molecule has 1 amide bonds. The van der Waals surface area contributed by atoms with Gasteiger partial charge < -0.3 is 24.7 Å². The summed E-state index contributed by atoms with van der Waals surface area (Å²) in [4.78, 5) is 29.7. The summed E-state index contributed by atoms with van der Waals surface area (Å²) in [6.07, 6.45) is 1.71. The number of anilines is 2. The third-order valence-electron chi connectivity index (χ3n) is 6.42. The minimum atomic E-state index is -0.447. The minimum Gasteiger partial charge on any atom is -0.459 e. The van der Waals surface area contributed by atoms with Crippen molar-refractivity contribution in [1.82, 2.24) is 10.3 Å². The maximum Gasteiger partial charge on any atom is 0.280 e. The van der Waals surface area contributed by atoms with Crippen molar-refractivity contribution in [1.29, 1.82) is 0 Å². The fraction of sp³-hybridized carbons (Fsp3) is 0.179. The molecule has 1 fully saturated rings. The summed E-state index contributed by atoms with van der Waals surface area (Å²) >= 11 is 5.78. The Bertz CT molecular complexity index is 1540. The van der Waals surface area contributed by atoms with E-state index in [2.05, 4.69) is 15.6 Å². The van der Waals surface area contributed by atoms with E-state index in [1.807, 2.05) is 54.3 Å². The molecule has 39 heavy (non-hydrogen) atoms. The highest BCUT2D eigenvalue weighted by molar-refractivity contribution is 7.80. The number of ether oxygens (including phenoxy) is 1. The molecular formula is C28H25N5O5S. The predicted molar refractivity (Wildman–Crippen MR) is 150 cm³/mol. The summed E-state index contributed by atoms with van der Waals surface area (Å²) < 4.78 is 11.2. The molecule has 0 saturated carbocycles. The number of carbonyl (C=O) groups is 1. The zero-order valence-electron chi connectivity index (χ0n) is 21.2. The number of furan rings is 1. The van der Waals surface area contributed by atoms with Gasteiger partial charge >= 0.3 is 0 Å². The van der Waals surface area contributed by atoms with E-state index in [1.54, 1.807) is 30.5 Å². The SMILES string of the molecule is COCC(=O)Nc1ccc(N2C(=S)N[C@H](c3ccccn3)[C@H]2c2ccc(-c3ccccc3[N+](=O)[O-])o2)cc1C. The van der Waals surface area contributed by atoms with E-state index in [-0.39, 0.29) is 24.2 Å². The van der Waals surface area contributed by atoms with Gasteiger partial charge in [-0.2, -0.15) is 0 Å². The molecule has 1 aliphatic heterocycles. The number of aromatic nitrogens is 1. The summed E-state index contributed by atoms with van der Waals surface area (Å²) in [6.45, 7) is 1.85. The number of pyridine rings is 1. The van der Waals surface area contributed by atoms with Crippen LogP contribution in [-0.4, -0.2) is 34.6 Å². The Morgan fingerprint density at radius 3 is 2.69 bits per heavy atom. The zero-order valence-corrected chi connectivity index (χ0v) is 22.0. The number of nitrogens with one attached hydrogen (secondary N) is 2. The lowest BCUT2D eigenvalue weighted by Gasteiger charge is -2.26. The Hall–Kier alpha value is -4.61. The lowest BCUT2D eigenvalue weighted by atomic mass is 10.0. The Morgan fingerprint density at radius 2 is 1.97 bits per heavy atom. The standard InChI is InChI=1S/C28H25N5O5S/c1-17-15-18(10-11-20(17)30-25(34)16-37-2)32-27(26(31-28(32)39)21-8-5-6-14-29-21)24-13-12-23(38-24)19-7-3-4-9-22(19)33(35)36/h3-15,26-27H,16H2,1-2H3,(H,30,34)(H,31,39)/t26-,27-/m1/s1. The summed E-state index contributed by atoms with van der Waals surface area (Å²) in [7, 11) is 1.46. The molecule has 4 aromatic rings.